The third-order valence-corrected chi connectivity index (χ3v) is 1.55. The molecule has 0 bridgehead atoms. The van der Waals surface area contributed by atoms with Gasteiger partial charge in [0.2, 0.25) is 0 Å². The Morgan fingerprint density at radius 3 is 3.20 bits per heavy atom. The average Bonchev–Trinajstić information content (AvgIpc) is 2.03. The molecule has 10 heavy (non-hydrogen) atoms. The van der Waals surface area contributed by atoms with Crippen molar-refractivity contribution in [3.63, 3.8) is 0 Å². The normalized spacial score (nSPS) is 27.5. The first kappa shape index (κ1) is 7.76. The molecular weight excluding hydrogens is 126 g/mol. The third-order valence-electron chi connectivity index (χ3n) is 1.55. The minimum atomic E-state index is 0.452. The Bertz CT molecular complexity index is 106. The lowest BCUT2D eigenvalue weighted by Gasteiger charge is -2.20. The Labute approximate surface area is 62.3 Å². The molecule has 1 N–H and O–H groups in total. The summed E-state index contributed by atoms with van der Waals surface area (Å²) in [7, 11) is 0. The predicted molar refractivity (Wildman–Crippen MR) is 42.0 cm³/mol. The quantitative estimate of drug-likeness (QED) is 0.578. The molecule has 1 fully saturated rings. The molecule has 0 amide bonds. The maximum atomic E-state index is 5.27. The number of hydrogen-bond acceptors (Lipinski definition) is 2. The van der Waals surface area contributed by atoms with Crippen molar-refractivity contribution in [2.75, 3.05) is 19.8 Å². The van der Waals surface area contributed by atoms with Gasteiger partial charge < -0.3 is 10.1 Å². The molecule has 1 unspecified atom stereocenters. The first-order chi connectivity index (χ1) is 4.93. The molecule has 0 saturated carbocycles. The van der Waals surface area contributed by atoms with Crippen molar-refractivity contribution in [2.24, 2.45) is 0 Å². The summed E-state index contributed by atoms with van der Waals surface area (Å²) in [6, 6.07) is 0.452. The molecule has 1 heterocycles. The smallest absolute Gasteiger partial charge is 0.0656 e. The molecular formula is C8H15NO. The zero-order valence-electron chi connectivity index (χ0n) is 6.47. The molecule has 1 rings (SSSR count). The molecule has 0 aromatic carbocycles. The summed E-state index contributed by atoms with van der Waals surface area (Å²) in [5.74, 6) is 0. The van der Waals surface area contributed by atoms with Gasteiger partial charge in [0.25, 0.3) is 0 Å². The summed E-state index contributed by atoms with van der Waals surface area (Å²) in [4.78, 5) is 0. The fourth-order valence-electron chi connectivity index (χ4n) is 1.01. The molecule has 2 heteroatoms. The van der Waals surface area contributed by atoms with E-state index in [0.717, 1.165) is 26.2 Å². The third kappa shape index (κ3) is 2.50. The number of nitrogens with one attached hydrogen (secondary N) is 1. The van der Waals surface area contributed by atoms with Crippen LogP contribution in [0, 0.1) is 0 Å². The van der Waals surface area contributed by atoms with Crippen molar-refractivity contribution in [1.29, 1.82) is 0 Å². The molecule has 0 aromatic heterocycles. The van der Waals surface area contributed by atoms with Crippen LogP contribution in [-0.4, -0.2) is 25.8 Å². The van der Waals surface area contributed by atoms with E-state index in [-0.39, 0.29) is 0 Å². The highest BCUT2D eigenvalue weighted by Gasteiger charge is 2.07. The summed E-state index contributed by atoms with van der Waals surface area (Å²) in [6.45, 7) is 4.81. The van der Waals surface area contributed by atoms with Crippen LogP contribution in [0.25, 0.3) is 0 Å². The molecule has 0 aliphatic carbocycles. The summed E-state index contributed by atoms with van der Waals surface area (Å²) >= 11 is 0. The van der Waals surface area contributed by atoms with E-state index in [0.29, 0.717) is 6.04 Å². The highest BCUT2D eigenvalue weighted by atomic mass is 16.5. The van der Waals surface area contributed by atoms with Crippen LogP contribution in [0.3, 0.4) is 0 Å². The summed E-state index contributed by atoms with van der Waals surface area (Å²) in [6.07, 6.45) is 5.46. The van der Waals surface area contributed by atoms with Gasteiger partial charge >= 0.3 is 0 Å². The second-order valence-corrected chi connectivity index (χ2v) is 2.47. The van der Waals surface area contributed by atoms with Gasteiger partial charge in [0, 0.05) is 12.6 Å². The van der Waals surface area contributed by atoms with Crippen LogP contribution in [-0.2, 0) is 4.74 Å². The van der Waals surface area contributed by atoms with E-state index in [1.807, 2.05) is 0 Å². The predicted octanol–water partition coefficient (Wildman–Crippen LogP) is 0.941. The summed E-state index contributed by atoms with van der Waals surface area (Å²) < 4.78 is 5.27. The highest BCUT2D eigenvalue weighted by molar-refractivity contribution is 4.93. The van der Waals surface area contributed by atoms with E-state index in [1.54, 1.807) is 0 Å². The van der Waals surface area contributed by atoms with Crippen LogP contribution < -0.4 is 5.32 Å². The first-order valence-corrected chi connectivity index (χ1v) is 3.91. The number of allylic oxidation sites excluding steroid dienone is 1. The molecule has 1 aliphatic rings. The number of hydrogen-bond donors (Lipinski definition) is 1. The van der Waals surface area contributed by atoms with Crippen LogP contribution in [0.15, 0.2) is 12.2 Å². The second kappa shape index (κ2) is 4.47. The molecule has 2 nitrogen and oxygen atoms in total. The van der Waals surface area contributed by atoms with Gasteiger partial charge in [0.1, 0.15) is 0 Å². The molecule has 1 aliphatic heterocycles. The van der Waals surface area contributed by atoms with Crippen molar-refractivity contribution in [2.45, 2.75) is 19.4 Å². The number of morpholine rings is 1. The lowest BCUT2D eigenvalue weighted by Crippen LogP contribution is -2.39. The van der Waals surface area contributed by atoms with Gasteiger partial charge in [0.05, 0.1) is 13.2 Å². The van der Waals surface area contributed by atoms with Gasteiger partial charge in [-0.1, -0.05) is 19.1 Å². The van der Waals surface area contributed by atoms with E-state index >= 15 is 0 Å². The topological polar surface area (TPSA) is 21.3 Å². The largest absolute Gasteiger partial charge is 0.378 e. The van der Waals surface area contributed by atoms with Crippen LogP contribution in [0.1, 0.15) is 13.3 Å². The summed E-state index contributed by atoms with van der Waals surface area (Å²) in [5.41, 5.74) is 0. The van der Waals surface area contributed by atoms with E-state index in [4.69, 9.17) is 4.74 Å². The SMILES string of the molecule is CC/C=C/C1COCCN1. The molecule has 0 aromatic rings. The lowest BCUT2D eigenvalue weighted by atomic mass is 10.2. The molecule has 1 saturated heterocycles. The molecule has 0 spiro atoms. The standard InChI is InChI=1S/C8H15NO/c1-2-3-4-8-7-10-6-5-9-8/h3-4,8-9H,2,5-7H2,1H3/b4-3+. The Balaban J connectivity index is 2.19. The van der Waals surface area contributed by atoms with Crippen LogP contribution in [0.2, 0.25) is 0 Å². The van der Waals surface area contributed by atoms with E-state index in [9.17, 15) is 0 Å². The molecule has 1 atom stereocenters. The maximum Gasteiger partial charge on any atom is 0.0656 e. The molecule has 58 valence electrons. The van der Waals surface area contributed by atoms with Gasteiger partial charge in [-0.15, -0.1) is 0 Å². The van der Waals surface area contributed by atoms with Crippen molar-refractivity contribution in [3.8, 4) is 0 Å². The number of ether oxygens (including phenoxy) is 1. The number of rotatable bonds is 2. The fraction of sp³-hybridized carbons (Fsp3) is 0.750. The van der Waals surface area contributed by atoms with Gasteiger partial charge in [0.15, 0.2) is 0 Å². The fourth-order valence-corrected chi connectivity index (χ4v) is 1.01. The Morgan fingerprint density at radius 2 is 2.60 bits per heavy atom. The van der Waals surface area contributed by atoms with Crippen LogP contribution in [0.5, 0.6) is 0 Å². The summed E-state index contributed by atoms with van der Waals surface area (Å²) in [5, 5.41) is 3.34. The minimum Gasteiger partial charge on any atom is -0.378 e. The Kier molecular flexibility index (Phi) is 3.47. The zero-order chi connectivity index (χ0) is 7.23. The van der Waals surface area contributed by atoms with Gasteiger partial charge in [-0.2, -0.15) is 0 Å². The maximum absolute atomic E-state index is 5.27. The minimum absolute atomic E-state index is 0.452. The lowest BCUT2D eigenvalue weighted by molar-refractivity contribution is 0.0900. The average molecular weight is 141 g/mol. The van der Waals surface area contributed by atoms with E-state index in [1.165, 1.54) is 0 Å². The van der Waals surface area contributed by atoms with E-state index in [2.05, 4.69) is 24.4 Å². The Morgan fingerprint density at radius 1 is 1.70 bits per heavy atom. The highest BCUT2D eigenvalue weighted by Crippen LogP contribution is 1.94. The Hall–Kier alpha value is -0.340. The van der Waals surface area contributed by atoms with Gasteiger partial charge in [-0.05, 0) is 6.42 Å². The van der Waals surface area contributed by atoms with Crippen molar-refractivity contribution < 1.29 is 4.74 Å². The van der Waals surface area contributed by atoms with Gasteiger partial charge in [-0.3, -0.25) is 0 Å². The second-order valence-electron chi connectivity index (χ2n) is 2.47. The van der Waals surface area contributed by atoms with Crippen molar-refractivity contribution in [1.82, 2.24) is 5.32 Å². The van der Waals surface area contributed by atoms with Crippen molar-refractivity contribution >= 4 is 0 Å². The van der Waals surface area contributed by atoms with Gasteiger partial charge in [-0.25, -0.2) is 0 Å². The van der Waals surface area contributed by atoms with E-state index < -0.39 is 0 Å². The first-order valence-electron chi connectivity index (χ1n) is 3.91. The zero-order valence-corrected chi connectivity index (χ0v) is 6.47. The monoisotopic (exact) mass is 141 g/mol. The molecule has 0 radical (unpaired) electrons. The van der Waals surface area contributed by atoms with Crippen LogP contribution >= 0.6 is 0 Å². The van der Waals surface area contributed by atoms with Crippen LogP contribution in [0.4, 0.5) is 0 Å². The van der Waals surface area contributed by atoms with Crippen molar-refractivity contribution in [3.05, 3.63) is 12.2 Å².